The second-order valence-electron chi connectivity index (χ2n) is 9.64. The lowest BCUT2D eigenvalue weighted by Gasteiger charge is -2.23. The molecule has 4 aromatic heterocycles. The number of carbonyl (C=O) groups excluding carboxylic acids is 1. The van der Waals surface area contributed by atoms with Crippen LogP contribution in [0.1, 0.15) is 18.5 Å². The zero-order chi connectivity index (χ0) is 26.6. The number of benzene rings is 1. The Bertz CT molecular complexity index is 1630. The number of ether oxygens (including phenoxy) is 2. The molecule has 5 heterocycles. The minimum absolute atomic E-state index is 0.340. The summed E-state index contributed by atoms with van der Waals surface area (Å²) < 4.78 is 12.9. The zero-order valence-corrected chi connectivity index (χ0v) is 21.8. The van der Waals surface area contributed by atoms with Crippen molar-refractivity contribution in [3.05, 3.63) is 78.8 Å². The van der Waals surface area contributed by atoms with Crippen LogP contribution in [-0.4, -0.2) is 58.0 Å². The number of nitrogens with one attached hydrogen (secondary N) is 2. The second-order valence-corrected chi connectivity index (χ2v) is 9.64. The van der Waals surface area contributed by atoms with E-state index in [0.29, 0.717) is 18.3 Å². The van der Waals surface area contributed by atoms with E-state index in [1.807, 2.05) is 66.2 Å². The van der Waals surface area contributed by atoms with Gasteiger partial charge in [-0.2, -0.15) is 5.10 Å². The normalized spacial score (nSPS) is 15.5. The van der Waals surface area contributed by atoms with Crippen LogP contribution in [0.5, 0.6) is 5.75 Å². The summed E-state index contributed by atoms with van der Waals surface area (Å²) in [4.78, 5) is 21.7. The van der Waals surface area contributed by atoms with Gasteiger partial charge in [0.2, 0.25) is 0 Å². The third kappa shape index (κ3) is 5.45. The summed E-state index contributed by atoms with van der Waals surface area (Å²) in [5.41, 5.74) is 6.18. The molecule has 39 heavy (non-hydrogen) atoms. The maximum atomic E-state index is 12.4. The number of hydrogen-bond donors (Lipinski definition) is 2. The summed E-state index contributed by atoms with van der Waals surface area (Å²) in [7, 11) is 0. The first-order valence-electron chi connectivity index (χ1n) is 13.2. The molecule has 0 bridgehead atoms. The molecule has 1 atom stereocenters. The van der Waals surface area contributed by atoms with Crippen LogP contribution in [0.4, 0.5) is 4.79 Å². The zero-order valence-electron chi connectivity index (χ0n) is 21.8. The van der Waals surface area contributed by atoms with Crippen molar-refractivity contribution in [1.29, 1.82) is 0 Å². The van der Waals surface area contributed by atoms with Gasteiger partial charge in [-0.1, -0.05) is 12.1 Å². The highest BCUT2D eigenvalue weighted by molar-refractivity contribution is 6.03. The van der Waals surface area contributed by atoms with Crippen LogP contribution in [0.2, 0.25) is 0 Å². The van der Waals surface area contributed by atoms with Crippen LogP contribution >= 0.6 is 0 Å². The molecule has 0 aliphatic carbocycles. The lowest BCUT2D eigenvalue weighted by atomic mass is 9.98. The smallest absolute Gasteiger partial charge is 0.410 e. The van der Waals surface area contributed by atoms with Gasteiger partial charge in [-0.15, -0.1) is 0 Å². The Labute approximate surface area is 226 Å². The summed E-state index contributed by atoms with van der Waals surface area (Å²) in [6, 6.07) is 19.8. The van der Waals surface area contributed by atoms with E-state index in [2.05, 4.69) is 15.6 Å². The van der Waals surface area contributed by atoms with Gasteiger partial charge in [-0.3, -0.25) is 9.97 Å². The predicted molar refractivity (Wildman–Crippen MR) is 150 cm³/mol. The maximum Gasteiger partial charge on any atom is 0.412 e. The van der Waals surface area contributed by atoms with E-state index in [1.165, 1.54) is 0 Å². The van der Waals surface area contributed by atoms with Crippen molar-refractivity contribution >= 4 is 22.5 Å². The van der Waals surface area contributed by atoms with Crippen molar-refractivity contribution in [2.24, 2.45) is 0 Å². The maximum absolute atomic E-state index is 12.4. The first kappa shape index (κ1) is 25.0. The largest absolute Gasteiger partial charge is 0.412 e. The molecule has 6 rings (SSSR count). The molecule has 198 valence electrons. The van der Waals surface area contributed by atoms with E-state index in [0.717, 1.165) is 77.2 Å². The first-order chi connectivity index (χ1) is 19.2. The Kier molecular flexibility index (Phi) is 7.16. The molecule has 1 amide bonds. The van der Waals surface area contributed by atoms with Crippen LogP contribution in [0.25, 0.3) is 38.9 Å². The number of rotatable bonds is 7. The van der Waals surface area contributed by atoms with Crippen molar-refractivity contribution in [3.8, 4) is 28.3 Å². The molecule has 1 aromatic carbocycles. The van der Waals surface area contributed by atoms with Crippen LogP contribution in [0.15, 0.2) is 73.1 Å². The predicted octanol–water partition coefficient (Wildman–Crippen LogP) is 4.78. The number of aromatic nitrogens is 4. The lowest BCUT2D eigenvalue weighted by molar-refractivity contribution is 0.0736. The van der Waals surface area contributed by atoms with E-state index in [1.54, 1.807) is 18.3 Å². The van der Waals surface area contributed by atoms with Crippen LogP contribution < -0.4 is 15.4 Å². The fourth-order valence-electron chi connectivity index (χ4n) is 5.02. The van der Waals surface area contributed by atoms with Gasteiger partial charge in [0.25, 0.3) is 0 Å². The highest BCUT2D eigenvalue weighted by Gasteiger charge is 2.20. The molecule has 1 saturated heterocycles. The Morgan fingerprint density at radius 1 is 1.18 bits per heavy atom. The highest BCUT2D eigenvalue weighted by Crippen LogP contribution is 2.38. The Morgan fingerprint density at radius 3 is 3.00 bits per heavy atom. The molecular weight excluding hydrogens is 492 g/mol. The molecule has 5 aromatic rings. The van der Waals surface area contributed by atoms with Crippen molar-refractivity contribution in [2.75, 3.05) is 26.3 Å². The van der Waals surface area contributed by atoms with Gasteiger partial charge in [0.1, 0.15) is 11.4 Å². The molecule has 9 nitrogen and oxygen atoms in total. The van der Waals surface area contributed by atoms with E-state index in [-0.39, 0.29) is 0 Å². The number of hydrogen-bond acceptors (Lipinski definition) is 7. The van der Waals surface area contributed by atoms with E-state index in [4.69, 9.17) is 19.6 Å². The number of aryl methyl sites for hydroxylation is 1. The highest BCUT2D eigenvalue weighted by atomic mass is 16.6. The van der Waals surface area contributed by atoms with Crippen molar-refractivity contribution in [2.45, 2.75) is 25.8 Å². The minimum atomic E-state index is -0.478. The summed E-state index contributed by atoms with van der Waals surface area (Å²) in [6.07, 6.45) is 5.01. The van der Waals surface area contributed by atoms with Gasteiger partial charge in [0.15, 0.2) is 0 Å². The fraction of sp³-hybridized carbons (Fsp3) is 0.267. The molecule has 1 unspecified atom stereocenters. The van der Waals surface area contributed by atoms with E-state index < -0.39 is 6.09 Å². The van der Waals surface area contributed by atoms with Gasteiger partial charge < -0.3 is 20.1 Å². The van der Waals surface area contributed by atoms with Crippen molar-refractivity contribution in [1.82, 2.24) is 30.2 Å². The molecule has 0 saturated carbocycles. The third-order valence-electron chi connectivity index (χ3n) is 6.86. The molecule has 2 N–H and O–H groups in total. The number of fused-ring (bicyclic) bond motifs is 2. The average molecular weight is 523 g/mol. The number of pyridine rings is 3. The number of amides is 1. The fourth-order valence-corrected chi connectivity index (χ4v) is 5.02. The molecule has 0 radical (unpaired) electrons. The number of nitrogens with zero attached hydrogens (tertiary/aromatic N) is 4. The van der Waals surface area contributed by atoms with Gasteiger partial charge >= 0.3 is 6.09 Å². The van der Waals surface area contributed by atoms with E-state index in [9.17, 15) is 4.79 Å². The molecular formula is C30H30N6O3. The average Bonchev–Trinajstić information content (AvgIpc) is 3.35. The van der Waals surface area contributed by atoms with Crippen molar-refractivity contribution < 1.29 is 14.3 Å². The van der Waals surface area contributed by atoms with Crippen molar-refractivity contribution in [3.63, 3.8) is 0 Å². The lowest BCUT2D eigenvalue weighted by Crippen LogP contribution is -2.41. The topological polar surface area (TPSA) is 103 Å². The summed E-state index contributed by atoms with van der Waals surface area (Å²) >= 11 is 0. The van der Waals surface area contributed by atoms with Crippen LogP contribution in [0, 0.1) is 6.92 Å². The molecule has 1 fully saturated rings. The molecule has 0 spiro atoms. The monoisotopic (exact) mass is 522 g/mol. The van der Waals surface area contributed by atoms with Gasteiger partial charge in [0, 0.05) is 54.2 Å². The van der Waals surface area contributed by atoms with Crippen LogP contribution in [0.3, 0.4) is 0 Å². The standard InChI is InChI=1S/C30H30N6O3/c1-20-6-4-8-25(34-20)29-28(27-9-2-3-16-36(27)35-29)24-12-14-32-26-18-22(10-11-23(24)26)39-30(37)33-13-5-7-21-19-38-17-15-31-21/h2-4,6,8-12,14,16,18,21,31H,5,7,13,15,17,19H2,1H3,(H,33,37). The Balaban J connectivity index is 1.24. The number of carbonyl (C=O) groups is 1. The quantitative estimate of drug-likeness (QED) is 0.297. The Morgan fingerprint density at radius 2 is 2.13 bits per heavy atom. The number of morpholine rings is 1. The van der Waals surface area contributed by atoms with E-state index >= 15 is 0 Å². The summed E-state index contributed by atoms with van der Waals surface area (Å²) in [5, 5.41) is 12.1. The molecule has 9 heteroatoms. The minimum Gasteiger partial charge on any atom is -0.410 e. The second kappa shape index (κ2) is 11.2. The van der Waals surface area contributed by atoms with Crippen LogP contribution in [-0.2, 0) is 4.74 Å². The third-order valence-corrected chi connectivity index (χ3v) is 6.86. The summed E-state index contributed by atoms with van der Waals surface area (Å²) in [5.74, 6) is 0.437. The molecule has 1 aliphatic heterocycles. The Hall–Kier alpha value is -4.34. The first-order valence-corrected chi connectivity index (χ1v) is 13.2. The summed E-state index contributed by atoms with van der Waals surface area (Å²) in [6.45, 7) is 4.86. The van der Waals surface area contributed by atoms with Gasteiger partial charge in [0.05, 0.1) is 29.9 Å². The van der Waals surface area contributed by atoms with Gasteiger partial charge in [-0.25, -0.2) is 9.31 Å². The molecule has 1 aliphatic rings. The SMILES string of the molecule is Cc1cccc(-c2nn3ccccc3c2-c2ccnc3cc(OC(=O)NCCCC4COCCN4)ccc23)n1. The van der Waals surface area contributed by atoms with Gasteiger partial charge in [-0.05, 0) is 67.8 Å².